The molecule has 0 aromatic rings. The lowest BCUT2D eigenvalue weighted by molar-refractivity contribution is -0.152. The molecule has 1 rings (SSSR count). The van der Waals surface area contributed by atoms with Crippen molar-refractivity contribution in [1.82, 2.24) is 20.0 Å². The molecule has 1 aliphatic rings. The first-order valence-corrected chi connectivity index (χ1v) is 17.3. The number of rotatable bonds is 17. The maximum atomic E-state index is 14.2. The molecule has 0 radical (unpaired) electrons. The van der Waals surface area contributed by atoms with E-state index in [2.05, 4.69) is 5.32 Å². The molecule has 4 amide bonds. The van der Waals surface area contributed by atoms with E-state index in [1.165, 1.54) is 26.2 Å². The lowest BCUT2D eigenvalue weighted by Gasteiger charge is -2.41. The Morgan fingerprint density at radius 3 is 1.96 bits per heavy atom. The standard InChI is InChI=1S/C35H64N4O9/c1-15-22(6)29(25(46-13)19-26(40)39-18-16-17-24(39)30(47-14)23(7)33(43)44)37(11)32(42)27(20(2)3)36-31(41)28(21(4)5)38(12)34(45)48-35(8,9)10/h20-25,27-30H,15-19H2,1-14H3,(H,36,41)(H,43,44)/t22-,23+,24-,25+,27-,28-,29-,30?/m0/s1. The summed E-state index contributed by atoms with van der Waals surface area (Å²) in [5.41, 5.74) is -0.745. The fraction of sp³-hybridized carbons (Fsp3) is 0.857. The molecule has 13 nitrogen and oxygen atoms in total. The minimum absolute atomic E-state index is 0.0215. The third-order valence-corrected chi connectivity index (χ3v) is 9.46. The van der Waals surface area contributed by atoms with Crippen molar-refractivity contribution in [2.75, 3.05) is 34.9 Å². The van der Waals surface area contributed by atoms with Gasteiger partial charge < -0.3 is 34.4 Å². The van der Waals surface area contributed by atoms with Gasteiger partial charge in [-0.25, -0.2) is 4.79 Å². The van der Waals surface area contributed by atoms with E-state index in [1.807, 2.05) is 41.5 Å². The van der Waals surface area contributed by atoms with E-state index in [1.54, 1.807) is 44.5 Å². The number of amides is 4. The quantitative estimate of drug-likeness (QED) is 0.231. The van der Waals surface area contributed by atoms with Gasteiger partial charge in [-0.15, -0.1) is 0 Å². The van der Waals surface area contributed by atoms with Gasteiger partial charge in [0.1, 0.15) is 17.7 Å². The predicted molar refractivity (Wildman–Crippen MR) is 183 cm³/mol. The monoisotopic (exact) mass is 684 g/mol. The zero-order chi connectivity index (χ0) is 37.3. The van der Waals surface area contributed by atoms with Crippen LogP contribution in [0.5, 0.6) is 0 Å². The highest BCUT2D eigenvalue weighted by Gasteiger charge is 2.43. The molecular weight excluding hydrogens is 620 g/mol. The Hall–Kier alpha value is -2.93. The largest absolute Gasteiger partial charge is 0.481 e. The molecular formula is C35H64N4O9. The molecule has 1 unspecified atom stereocenters. The molecule has 1 aliphatic heterocycles. The third-order valence-electron chi connectivity index (χ3n) is 9.46. The van der Waals surface area contributed by atoms with Crippen LogP contribution in [-0.2, 0) is 33.4 Å². The molecule has 0 aromatic carbocycles. The number of nitrogens with zero attached hydrogens (tertiary/aromatic N) is 3. The highest BCUT2D eigenvalue weighted by atomic mass is 16.6. The van der Waals surface area contributed by atoms with E-state index in [-0.39, 0.29) is 42.0 Å². The van der Waals surface area contributed by atoms with Crippen LogP contribution < -0.4 is 5.32 Å². The van der Waals surface area contributed by atoms with Crippen molar-refractivity contribution >= 4 is 29.8 Å². The SMILES string of the molecule is CC[C@H](C)[C@@H]([C@@H](CC(=O)N1CCC[C@H]1C(OC)[C@@H](C)C(=O)O)OC)N(C)C(=O)[C@@H](NC(=O)[C@H](C(C)C)N(C)C(=O)OC(C)(C)C)C(C)C. The number of nitrogens with one attached hydrogen (secondary N) is 1. The normalized spacial score (nSPS) is 19.6. The minimum Gasteiger partial charge on any atom is -0.481 e. The van der Waals surface area contributed by atoms with Crippen molar-refractivity contribution < 1.29 is 43.3 Å². The molecule has 48 heavy (non-hydrogen) atoms. The maximum absolute atomic E-state index is 14.2. The number of hydrogen-bond donors (Lipinski definition) is 2. The topological polar surface area (TPSA) is 155 Å². The van der Waals surface area contributed by atoms with Gasteiger partial charge in [-0.05, 0) is 58.3 Å². The highest BCUT2D eigenvalue weighted by molar-refractivity contribution is 5.91. The summed E-state index contributed by atoms with van der Waals surface area (Å²) in [5, 5.41) is 12.5. The summed E-state index contributed by atoms with van der Waals surface area (Å²) in [5.74, 6) is -3.44. The van der Waals surface area contributed by atoms with E-state index < -0.39 is 59.8 Å². The van der Waals surface area contributed by atoms with Crippen molar-refractivity contribution in [3.8, 4) is 0 Å². The van der Waals surface area contributed by atoms with Crippen LogP contribution >= 0.6 is 0 Å². The first-order valence-electron chi connectivity index (χ1n) is 17.3. The van der Waals surface area contributed by atoms with Crippen LogP contribution in [0.2, 0.25) is 0 Å². The number of carboxylic acid groups (broad SMARTS) is 1. The summed E-state index contributed by atoms with van der Waals surface area (Å²) in [6.45, 7) is 18.6. The first-order chi connectivity index (χ1) is 22.1. The number of carbonyl (C=O) groups excluding carboxylic acids is 4. The molecule has 0 aliphatic carbocycles. The third kappa shape index (κ3) is 11.3. The Labute approximate surface area is 288 Å². The second-order valence-electron chi connectivity index (χ2n) is 14.9. The van der Waals surface area contributed by atoms with Gasteiger partial charge in [0.25, 0.3) is 0 Å². The zero-order valence-corrected chi connectivity index (χ0v) is 31.9. The predicted octanol–water partition coefficient (Wildman–Crippen LogP) is 4.02. The van der Waals surface area contributed by atoms with Gasteiger partial charge in [0.15, 0.2) is 0 Å². The molecule has 2 N–H and O–H groups in total. The number of methoxy groups -OCH3 is 2. The van der Waals surface area contributed by atoms with Crippen molar-refractivity contribution in [3.05, 3.63) is 0 Å². The van der Waals surface area contributed by atoms with Crippen LogP contribution in [0.3, 0.4) is 0 Å². The molecule has 8 atom stereocenters. The van der Waals surface area contributed by atoms with Crippen molar-refractivity contribution in [2.45, 2.75) is 137 Å². The summed E-state index contributed by atoms with van der Waals surface area (Å²) in [4.78, 5) is 70.9. The molecule has 0 bridgehead atoms. The Morgan fingerprint density at radius 1 is 0.938 bits per heavy atom. The fourth-order valence-electron chi connectivity index (χ4n) is 6.64. The average Bonchev–Trinajstić information content (AvgIpc) is 3.47. The lowest BCUT2D eigenvalue weighted by atomic mass is 9.89. The number of hydrogen-bond acceptors (Lipinski definition) is 8. The van der Waals surface area contributed by atoms with Crippen molar-refractivity contribution in [1.29, 1.82) is 0 Å². The van der Waals surface area contributed by atoms with E-state index >= 15 is 0 Å². The van der Waals surface area contributed by atoms with Crippen LogP contribution in [0.4, 0.5) is 4.79 Å². The fourth-order valence-corrected chi connectivity index (χ4v) is 6.64. The van der Waals surface area contributed by atoms with Gasteiger partial charge in [0.05, 0.1) is 36.6 Å². The second-order valence-corrected chi connectivity index (χ2v) is 14.9. The number of carboxylic acids is 1. The van der Waals surface area contributed by atoms with Gasteiger partial charge in [-0.3, -0.25) is 24.1 Å². The van der Waals surface area contributed by atoms with Crippen LogP contribution in [0, 0.1) is 23.7 Å². The summed E-state index contributed by atoms with van der Waals surface area (Å²) < 4.78 is 17.0. The Kier molecular flexibility index (Phi) is 16.8. The number of carbonyl (C=O) groups is 5. The van der Waals surface area contributed by atoms with Crippen LogP contribution in [0.25, 0.3) is 0 Å². The lowest BCUT2D eigenvalue weighted by Crippen LogP contribution is -2.60. The number of likely N-dealkylation sites (tertiary alicyclic amines) is 1. The molecule has 0 saturated carbocycles. The van der Waals surface area contributed by atoms with E-state index in [4.69, 9.17) is 14.2 Å². The Bertz CT molecular complexity index is 1090. The average molecular weight is 685 g/mol. The summed E-state index contributed by atoms with van der Waals surface area (Å²) in [7, 11) is 6.15. The van der Waals surface area contributed by atoms with E-state index in [9.17, 15) is 29.1 Å². The zero-order valence-electron chi connectivity index (χ0n) is 31.9. The van der Waals surface area contributed by atoms with Crippen molar-refractivity contribution in [2.24, 2.45) is 23.7 Å². The second kappa shape index (κ2) is 18.7. The first kappa shape index (κ1) is 43.1. The van der Waals surface area contributed by atoms with Gasteiger partial charge in [-0.1, -0.05) is 48.0 Å². The number of likely N-dealkylation sites (N-methyl/N-ethyl adjacent to an activating group) is 2. The maximum Gasteiger partial charge on any atom is 0.410 e. The van der Waals surface area contributed by atoms with Crippen LogP contribution in [0.1, 0.15) is 94.9 Å². The molecule has 0 spiro atoms. The van der Waals surface area contributed by atoms with Gasteiger partial charge in [0, 0.05) is 34.9 Å². The molecule has 278 valence electrons. The molecule has 13 heteroatoms. The molecule has 1 fully saturated rings. The van der Waals surface area contributed by atoms with Crippen molar-refractivity contribution in [3.63, 3.8) is 0 Å². The molecule has 1 saturated heterocycles. The Balaban J connectivity index is 3.32. The van der Waals surface area contributed by atoms with Crippen LogP contribution in [0.15, 0.2) is 0 Å². The summed E-state index contributed by atoms with van der Waals surface area (Å²) in [6.07, 6.45) is 0.0489. The smallest absolute Gasteiger partial charge is 0.410 e. The van der Waals surface area contributed by atoms with E-state index in [0.29, 0.717) is 19.4 Å². The summed E-state index contributed by atoms with van der Waals surface area (Å²) in [6, 6.07) is -2.71. The number of aliphatic carboxylic acids is 1. The highest BCUT2D eigenvalue weighted by Crippen LogP contribution is 2.29. The minimum atomic E-state index is -0.990. The number of ether oxygens (including phenoxy) is 3. The van der Waals surface area contributed by atoms with E-state index in [0.717, 1.165) is 6.42 Å². The van der Waals surface area contributed by atoms with Gasteiger partial charge in [-0.2, -0.15) is 0 Å². The molecule has 0 aromatic heterocycles. The van der Waals surface area contributed by atoms with Crippen LogP contribution in [-0.4, -0.2) is 126 Å². The summed E-state index contributed by atoms with van der Waals surface area (Å²) >= 11 is 0. The Morgan fingerprint density at radius 2 is 1.52 bits per heavy atom. The van der Waals surface area contributed by atoms with Gasteiger partial charge in [0.2, 0.25) is 17.7 Å². The van der Waals surface area contributed by atoms with Gasteiger partial charge >= 0.3 is 12.1 Å². The molecule has 1 heterocycles.